The molecule has 19 heavy (non-hydrogen) atoms. The average molecular weight is 256 g/mol. The second-order valence-electron chi connectivity index (χ2n) is 4.03. The quantitative estimate of drug-likeness (QED) is 0.610. The van der Waals surface area contributed by atoms with Crippen LogP contribution in [-0.4, -0.2) is 22.7 Å². The lowest BCUT2D eigenvalue weighted by Crippen LogP contribution is -1.96. The van der Waals surface area contributed by atoms with Crippen LogP contribution in [0.2, 0.25) is 0 Å². The summed E-state index contributed by atoms with van der Waals surface area (Å²) >= 11 is 0. The van der Waals surface area contributed by atoms with E-state index in [9.17, 15) is 4.79 Å². The highest BCUT2D eigenvalue weighted by molar-refractivity contribution is 6.06. The molecule has 0 aliphatic rings. The fraction of sp³-hybridized carbons (Fsp3) is 0.200. The third kappa shape index (κ3) is 3.31. The Balaban J connectivity index is 2.11. The number of rotatable bonds is 5. The molecule has 0 fully saturated rings. The van der Waals surface area contributed by atoms with Gasteiger partial charge in [-0.3, -0.25) is 9.48 Å². The van der Waals surface area contributed by atoms with Crippen molar-refractivity contribution in [2.24, 2.45) is 0 Å². The van der Waals surface area contributed by atoms with Crippen molar-refractivity contribution in [3.63, 3.8) is 0 Å². The highest BCUT2D eigenvalue weighted by Gasteiger charge is 2.03. The minimum absolute atomic E-state index is 0.0649. The highest BCUT2D eigenvalue weighted by Crippen LogP contribution is 2.13. The summed E-state index contributed by atoms with van der Waals surface area (Å²) in [5, 5.41) is 4.28. The lowest BCUT2D eigenvalue weighted by Gasteiger charge is -2.00. The molecule has 4 heteroatoms. The summed E-state index contributed by atoms with van der Waals surface area (Å²) in [4.78, 5) is 12.0. The largest absolute Gasteiger partial charge is 0.497 e. The highest BCUT2D eigenvalue weighted by atomic mass is 16.5. The fourth-order valence-corrected chi connectivity index (χ4v) is 1.68. The van der Waals surface area contributed by atoms with E-state index in [0.29, 0.717) is 11.3 Å². The van der Waals surface area contributed by atoms with Gasteiger partial charge >= 0.3 is 0 Å². The minimum atomic E-state index is -0.0649. The number of hydrogen-bond acceptors (Lipinski definition) is 3. The van der Waals surface area contributed by atoms with Gasteiger partial charge in [-0.1, -0.05) is 12.1 Å². The van der Waals surface area contributed by atoms with E-state index in [1.54, 1.807) is 31.4 Å². The molecule has 2 rings (SSSR count). The number of ether oxygens (including phenoxy) is 1. The number of aryl methyl sites for hydroxylation is 1. The molecule has 4 nitrogen and oxygen atoms in total. The van der Waals surface area contributed by atoms with E-state index in [0.717, 1.165) is 12.2 Å². The summed E-state index contributed by atoms with van der Waals surface area (Å²) in [6.07, 6.45) is 5.13. The normalized spacial score (nSPS) is 10.8. The Hall–Kier alpha value is -2.36. The third-order valence-corrected chi connectivity index (χ3v) is 2.75. The van der Waals surface area contributed by atoms with Gasteiger partial charge in [0, 0.05) is 18.3 Å². The number of nitrogens with zero attached hydrogens (tertiary/aromatic N) is 2. The Morgan fingerprint density at radius 1 is 1.42 bits per heavy atom. The summed E-state index contributed by atoms with van der Waals surface area (Å²) in [6, 6.07) is 8.96. The first-order chi connectivity index (χ1) is 9.22. The van der Waals surface area contributed by atoms with Gasteiger partial charge in [0.05, 0.1) is 12.8 Å². The lowest BCUT2D eigenvalue weighted by atomic mass is 10.1. The van der Waals surface area contributed by atoms with Crippen molar-refractivity contribution in [3.05, 3.63) is 53.9 Å². The molecule has 1 aromatic carbocycles. The molecule has 0 amide bonds. The van der Waals surface area contributed by atoms with Gasteiger partial charge in [0.2, 0.25) is 0 Å². The summed E-state index contributed by atoms with van der Waals surface area (Å²) in [6.45, 7) is 2.83. The zero-order valence-corrected chi connectivity index (χ0v) is 11.0. The van der Waals surface area contributed by atoms with E-state index < -0.39 is 0 Å². The number of benzene rings is 1. The predicted molar refractivity (Wildman–Crippen MR) is 74.3 cm³/mol. The zero-order chi connectivity index (χ0) is 13.7. The number of hydrogen-bond donors (Lipinski definition) is 0. The molecular formula is C15H16N2O2. The minimum Gasteiger partial charge on any atom is -0.497 e. The van der Waals surface area contributed by atoms with E-state index in [1.165, 1.54) is 6.08 Å². The van der Waals surface area contributed by atoms with Crippen LogP contribution in [0.4, 0.5) is 0 Å². The van der Waals surface area contributed by atoms with Gasteiger partial charge in [0.15, 0.2) is 5.78 Å². The Morgan fingerprint density at radius 3 is 2.95 bits per heavy atom. The molecule has 0 atom stereocenters. The molecule has 2 aromatic rings. The standard InChI is InChI=1S/C15H16N2O2/c1-3-17-10-9-13(16-17)7-8-15(18)12-5-4-6-14(11-12)19-2/h4-11H,3H2,1-2H3/b8-7+. The number of aromatic nitrogens is 2. The Kier molecular flexibility index (Phi) is 4.13. The Labute approximate surface area is 112 Å². The molecule has 0 saturated carbocycles. The number of allylic oxidation sites excluding steroid dienone is 1. The first-order valence-electron chi connectivity index (χ1n) is 6.13. The maximum atomic E-state index is 12.0. The predicted octanol–water partition coefficient (Wildman–Crippen LogP) is 2.81. The van der Waals surface area contributed by atoms with Crippen molar-refractivity contribution in [2.75, 3.05) is 7.11 Å². The van der Waals surface area contributed by atoms with E-state index in [1.807, 2.05) is 29.9 Å². The Bertz CT molecular complexity index is 600. The van der Waals surface area contributed by atoms with Crippen LogP contribution in [0, 0.1) is 0 Å². The SMILES string of the molecule is CCn1ccc(/C=C/C(=O)c2cccc(OC)c2)n1. The molecule has 1 aromatic heterocycles. The molecule has 98 valence electrons. The van der Waals surface area contributed by atoms with Crippen LogP contribution in [0.25, 0.3) is 6.08 Å². The van der Waals surface area contributed by atoms with E-state index in [-0.39, 0.29) is 5.78 Å². The fourth-order valence-electron chi connectivity index (χ4n) is 1.68. The van der Waals surface area contributed by atoms with Crippen LogP contribution < -0.4 is 4.74 Å². The summed E-state index contributed by atoms with van der Waals surface area (Å²) < 4.78 is 6.91. The van der Waals surface area contributed by atoms with Crippen LogP contribution in [0.1, 0.15) is 23.0 Å². The first kappa shape index (κ1) is 13.1. The van der Waals surface area contributed by atoms with Gasteiger partial charge in [-0.15, -0.1) is 0 Å². The molecule has 1 heterocycles. The van der Waals surface area contributed by atoms with Crippen molar-refractivity contribution in [1.82, 2.24) is 9.78 Å². The van der Waals surface area contributed by atoms with Crippen molar-refractivity contribution in [3.8, 4) is 5.75 Å². The number of ketones is 1. The maximum absolute atomic E-state index is 12.0. The van der Waals surface area contributed by atoms with Crippen molar-refractivity contribution in [2.45, 2.75) is 13.5 Å². The summed E-state index contributed by atoms with van der Waals surface area (Å²) in [5.41, 5.74) is 1.38. The zero-order valence-electron chi connectivity index (χ0n) is 11.0. The van der Waals surface area contributed by atoms with E-state index in [4.69, 9.17) is 4.74 Å². The number of carbonyl (C=O) groups excluding carboxylic acids is 1. The van der Waals surface area contributed by atoms with Crippen LogP contribution in [0.5, 0.6) is 5.75 Å². The average Bonchev–Trinajstić information content (AvgIpc) is 2.93. The summed E-state index contributed by atoms with van der Waals surface area (Å²) in [5.74, 6) is 0.611. The molecule has 0 aliphatic heterocycles. The molecule has 0 saturated heterocycles. The van der Waals surface area contributed by atoms with Crippen molar-refractivity contribution >= 4 is 11.9 Å². The molecule has 0 unspecified atom stereocenters. The van der Waals surface area contributed by atoms with Gasteiger partial charge in [-0.2, -0.15) is 5.10 Å². The van der Waals surface area contributed by atoms with Crippen molar-refractivity contribution in [1.29, 1.82) is 0 Å². The Morgan fingerprint density at radius 2 is 2.26 bits per heavy atom. The third-order valence-electron chi connectivity index (χ3n) is 2.75. The van der Waals surface area contributed by atoms with Gasteiger partial charge in [0.25, 0.3) is 0 Å². The molecule has 0 N–H and O–H groups in total. The summed E-state index contributed by atoms with van der Waals surface area (Å²) in [7, 11) is 1.58. The maximum Gasteiger partial charge on any atom is 0.186 e. The van der Waals surface area contributed by atoms with Crippen LogP contribution >= 0.6 is 0 Å². The van der Waals surface area contributed by atoms with Crippen LogP contribution in [0.15, 0.2) is 42.6 Å². The first-order valence-corrected chi connectivity index (χ1v) is 6.13. The number of methoxy groups -OCH3 is 1. The second kappa shape index (κ2) is 6.00. The van der Waals surface area contributed by atoms with E-state index >= 15 is 0 Å². The molecule has 0 spiro atoms. The van der Waals surface area contributed by atoms with Crippen LogP contribution in [0.3, 0.4) is 0 Å². The molecular weight excluding hydrogens is 240 g/mol. The number of carbonyl (C=O) groups is 1. The van der Waals surface area contributed by atoms with Gasteiger partial charge in [0.1, 0.15) is 5.75 Å². The van der Waals surface area contributed by atoms with Gasteiger partial charge < -0.3 is 4.74 Å². The topological polar surface area (TPSA) is 44.1 Å². The lowest BCUT2D eigenvalue weighted by molar-refractivity contribution is 0.104. The second-order valence-corrected chi connectivity index (χ2v) is 4.03. The molecule has 0 bridgehead atoms. The van der Waals surface area contributed by atoms with Crippen molar-refractivity contribution < 1.29 is 9.53 Å². The van der Waals surface area contributed by atoms with Crippen LogP contribution in [-0.2, 0) is 6.54 Å². The van der Waals surface area contributed by atoms with E-state index in [2.05, 4.69) is 5.10 Å². The smallest absolute Gasteiger partial charge is 0.186 e. The molecule has 0 aliphatic carbocycles. The molecule has 0 radical (unpaired) electrons. The van der Waals surface area contributed by atoms with Gasteiger partial charge in [-0.05, 0) is 37.3 Å². The monoisotopic (exact) mass is 256 g/mol. The van der Waals surface area contributed by atoms with Gasteiger partial charge in [-0.25, -0.2) is 0 Å².